The summed E-state index contributed by atoms with van der Waals surface area (Å²) < 4.78 is 37.2. The third kappa shape index (κ3) is 8.82. The zero-order chi connectivity index (χ0) is 23.8. The first-order chi connectivity index (χ1) is 14.3. The number of ether oxygens (including phenoxy) is 1. The molecule has 6 nitrogen and oxygen atoms in total. The lowest BCUT2D eigenvalue weighted by Crippen LogP contribution is -2.36. The second-order valence-electron chi connectivity index (χ2n) is 5.98. The van der Waals surface area contributed by atoms with Crippen LogP contribution >= 0.6 is 34.8 Å². The first-order valence-electron chi connectivity index (χ1n) is 8.50. The number of aliphatic carboxylic acids is 1. The molecule has 0 fully saturated rings. The van der Waals surface area contributed by atoms with Gasteiger partial charge in [0, 0.05) is 5.02 Å². The van der Waals surface area contributed by atoms with Crippen LogP contribution in [0.3, 0.4) is 0 Å². The maximum Gasteiger partial charge on any atom is 0.490 e. The number of hydrogen-bond acceptors (Lipinski definition) is 4. The number of rotatable bonds is 6. The summed E-state index contributed by atoms with van der Waals surface area (Å²) in [4.78, 5) is 21.0. The Morgan fingerprint density at radius 2 is 1.68 bits per heavy atom. The number of aryl methyl sites for hydroxylation is 1. The highest BCUT2D eigenvalue weighted by atomic mass is 35.5. The maximum atomic E-state index is 12.1. The maximum absolute atomic E-state index is 12.1. The van der Waals surface area contributed by atoms with Gasteiger partial charge in [-0.15, -0.1) is 0 Å². The quantitative estimate of drug-likeness (QED) is 0.494. The number of amides is 1. The molecule has 0 bridgehead atoms. The van der Waals surface area contributed by atoms with E-state index in [4.69, 9.17) is 55.2 Å². The normalized spacial score (nSPS) is 11.7. The Hall–Kier alpha value is -2.20. The van der Waals surface area contributed by atoms with Gasteiger partial charge in [-0.2, -0.15) is 13.2 Å². The zero-order valence-electron chi connectivity index (χ0n) is 16.0. The predicted octanol–water partition coefficient (Wildman–Crippen LogP) is 4.78. The van der Waals surface area contributed by atoms with E-state index in [-0.39, 0.29) is 19.1 Å². The summed E-state index contributed by atoms with van der Waals surface area (Å²) in [5, 5.41) is 10.9. The highest BCUT2D eigenvalue weighted by Crippen LogP contribution is 2.35. The molecule has 0 saturated heterocycles. The lowest BCUT2D eigenvalue weighted by molar-refractivity contribution is -0.192. The molecular formula is C19H18Cl3F3N2O4. The first-order valence-corrected chi connectivity index (χ1v) is 9.64. The molecule has 0 saturated carbocycles. The molecule has 1 amide bonds. The number of carboxylic acid groups (broad SMARTS) is 1. The average Bonchev–Trinajstić information content (AvgIpc) is 2.66. The molecule has 12 heteroatoms. The minimum Gasteiger partial charge on any atom is -0.489 e. The summed E-state index contributed by atoms with van der Waals surface area (Å²) in [6.45, 7) is 2.39. The monoisotopic (exact) mass is 500 g/mol. The van der Waals surface area contributed by atoms with E-state index in [1.54, 1.807) is 0 Å². The van der Waals surface area contributed by atoms with Gasteiger partial charge in [-0.25, -0.2) is 4.79 Å². The first kappa shape index (κ1) is 26.8. The minimum absolute atomic E-state index is 0.202. The van der Waals surface area contributed by atoms with Crippen molar-refractivity contribution in [3.05, 3.63) is 62.6 Å². The van der Waals surface area contributed by atoms with Crippen LogP contribution < -0.4 is 15.8 Å². The van der Waals surface area contributed by atoms with Crippen molar-refractivity contribution >= 4 is 46.7 Å². The van der Waals surface area contributed by atoms with Gasteiger partial charge in [0.2, 0.25) is 5.91 Å². The molecule has 0 spiro atoms. The van der Waals surface area contributed by atoms with Crippen LogP contribution in [0.2, 0.25) is 15.1 Å². The van der Waals surface area contributed by atoms with E-state index in [0.717, 1.165) is 11.1 Å². The van der Waals surface area contributed by atoms with Crippen LogP contribution in [0.25, 0.3) is 0 Å². The van der Waals surface area contributed by atoms with Crippen LogP contribution in [0.4, 0.5) is 13.2 Å². The molecule has 0 heterocycles. The second-order valence-corrected chi connectivity index (χ2v) is 7.23. The summed E-state index contributed by atoms with van der Waals surface area (Å²) in [6.07, 6.45) is -5.08. The number of alkyl halides is 3. The van der Waals surface area contributed by atoms with Crippen molar-refractivity contribution in [3.8, 4) is 5.75 Å². The van der Waals surface area contributed by atoms with E-state index in [9.17, 15) is 18.0 Å². The lowest BCUT2D eigenvalue weighted by Gasteiger charge is -2.15. The molecule has 170 valence electrons. The third-order valence-corrected chi connectivity index (χ3v) is 4.44. The van der Waals surface area contributed by atoms with Gasteiger partial charge < -0.3 is 20.9 Å². The summed E-state index contributed by atoms with van der Waals surface area (Å²) >= 11 is 17.9. The summed E-state index contributed by atoms with van der Waals surface area (Å²) in [5.74, 6) is -2.70. The second kappa shape index (κ2) is 12.0. The van der Waals surface area contributed by atoms with Crippen LogP contribution in [0.1, 0.15) is 17.2 Å². The van der Waals surface area contributed by atoms with Gasteiger partial charge in [0.1, 0.15) is 12.6 Å². The highest BCUT2D eigenvalue weighted by molar-refractivity contribution is 6.40. The lowest BCUT2D eigenvalue weighted by atomic mass is 10.0. The molecule has 2 aromatic carbocycles. The predicted molar refractivity (Wildman–Crippen MR) is 112 cm³/mol. The standard InChI is InChI=1S/C17H17Cl3N2O2.C2HF3O2/c1-10-4-2-3-5-12(10)15(21)17(23)22-6-7-24-16-13(19)8-11(18)9-14(16)20;3-2(4,5)1(6)7/h2-5,8-9,15H,6-7,21H2,1H3,(H,22,23);(H,6,7). The van der Waals surface area contributed by atoms with E-state index < -0.39 is 18.2 Å². The smallest absolute Gasteiger partial charge is 0.489 e. The molecule has 0 aliphatic carbocycles. The SMILES string of the molecule is Cc1ccccc1C(N)C(=O)NCCOc1c(Cl)cc(Cl)cc1Cl.O=C(O)C(F)(F)F. The molecule has 31 heavy (non-hydrogen) atoms. The van der Waals surface area contributed by atoms with Crippen LogP contribution in [-0.4, -0.2) is 36.3 Å². The van der Waals surface area contributed by atoms with E-state index >= 15 is 0 Å². The summed E-state index contributed by atoms with van der Waals surface area (Å²) in [5.41, 5.74) is 7.75. The Balaban J connectivity index is 0.000000592. The van der Waals surface area contributed by atoms with Crippen molar-refractivity contribution in [2.75, 3.05) is 13.2 Å². The largest absolute Gasteiger partial charge is 0.490 e. The molecule has 0 radical (unpaired) electrons. The van der Waals surface area contributed by atoms with Gasteiger partial charge >= 0.3 is 12.1 Å². The number of nitrogens with two attached hydrogens (primary N) is 1. The topological polar surface area (TPSA) is 102 Å². The third-order valence-electron chi connectivity index (χ3n) is 3.66. The van der Waals surface area contributed by atoms with Crippen molar-refractivity contribution < 1.29 is 32.6 Å². The van der Waals surface area contributed by atoms with E-state index in [1.165, 1.54) is 12.1 Å². The molecule has 2 rings (SSSR count). The van der Waals surface area contributed by atoms with Crippen molar-refractivity contribution in [3.63, 3.8) is 0 Å². The summed E-state index contributed by atoms with van der Waals surface area (Å²) in [6, 6.07) is 9.85. The van der Waals surface area contributed by atoms with Crippen LogP contribution in [-0.2, 0) is 9.59 Å². The number of carboxylic acids is 1. The Morgan fingerprint density at radius 3 is 2.16 bits per heavy atom. The summed E-state index contributed by atoms with van der Waals surface area (Å²) in [7, 11) is 0. The van der Waals surface area contributed by atoms with Gasteiger partial charge in [0.25, 0.3) is 0 Å². The van der Waals surface area contributed by atoms with Gasteiger partial charge in [-0.05, 0) is 30.2 Å². The van der Waals surface area contributed by atoms with Gasteiger partial charge in [0.05, 0.1) is 16.6 Å². The fourth-order valence-corrected chi connectivity index (χ4v) is 3.11. The molecule has 2 aromatic rings. The number of hydrogen-bond donors (Lipinski definition) is 3. The number of benzene rings is 2. The fourth-order valence-electron chi connectivity index (χ4n) is 2.18. The molecule has 0 aliphatic rings. The Morgan fingerprint density at radius 1 is 1.16 bits per heavy atom. The molecule has 0 aliphatic heterocycles. The van der Waals surface area contributed by atoms with Crippen molar-refractivity contribution in [2.45, 2.75) is 19.1 Å². The number of carbonyl (C=O) groups excluding carboxylic acids is 1. The van der Waals surface area contributed by atoms with E-state index in [0.29, 0.717) is 20.8 Å². The van der Waals surface area contributed by atoms with Gasteiger partial charge in [0.15, 0.2) is 5.75 Å². The van der Waals surface area contributed by atoms with E-state index in [1.807, 2.05) is 31.2 Å². The molecular weight excluding hydrogens is 484 g/mol. The van der Waals surface area contributed by atoms with Gasteiger partial charge in [-0.3, -0.25) is 4.79 Å². The van der Waals surface area contributed by atoms with Crippen molar-refractivity contribution in [1.82, 2.24) is 5.32 Å². The molecule has 0 aromatic heterocycles. The number of carbonyl (C=O) groups is 2. The Bertz CT molecular complexity index is 904. The van der Waals surface area contributed by atoms with Crippen LogP contribution in [0, 0.1) is 6.92 Å². The molecule has 4 N–H and O–H groups in total. The fraction of sp³-hybridized carbons (Fsp3) is 0.263. The Kier molecular flexibility index (Phi) is 10.4. The van der Waals surface area contributed by atoms with Crippen molar-refractivity contribution in [2.24, 2.45) is 5.73 Å². The number of nitrogens with one attached hydrogen (secondary N) is 1. The highest BCUT2D eigenvalue weighted by Gasteiger charge is 2.38. The van der Waals surface area contributed by atoms with E-state index in [2.05, 4.69) is 5.32 Å². The zero-order valence-corrected chi connectivity index (χ0v) is 18.2. The van der Waals surface area contributed by atoms with Gasteiger partial charge in [-0.1, -0.05) is 59.1 Å². The Labute approximate surface area is 191 Å². The minimum atomic E-state index is -5.08. The average molecular weight is 502 g/mol. The molecule has 1 atom stereocenters. The van der Waals surface area contributed by atoms with Crippen molar-refractivity contribution in [1.29, 1.82) is 0 Å². The number of halogens is 6. The molecule has 1 unspecified atom stereocenters. The van der Waals surface area contributed by atoms with Crippen LogP contribution in [0.15, 0.2) is 36.4 Å². The van der Waals surface area contributed by atoms with Crippen LogP contribution in [0.5, 0.6) is 5.75 Å².